The molecule has 0 spiro atoms. The minimum atomic E-state index is -2.71. The van der Waals surface area contributed by atoms with E-state index in [1.54, 1.807) is 38.6 Å². The fraction of sp³-hybridized carbons (Fsp3) is 0.348. The number of ether oxygens (including phenoxy) is 2. The average molecular weight is 462 g/mol. The van der Waals surface area contributed by atoms with Gasteiger partial charge in [0.1, 0.15) is 5.69 Å². The summed E-state index contributed by atoms with van der Waals surface area (Å²) >= 11 is 1.35. The topological polar surface area (TPSA) is 66.2 Å². The first-order valence-electron chi connectivity index (χ1n) is 10.2. The monoisotopic (exact) mass is 461 g/mol. The SMILES string of the molecule is CCCCSc1nc(-c2ccc(=O)n(Cc3ccc(OC)c(OC)c3)c2)cc(C(F)F)n1. The molecule has 170 valence electrons. The van der Waals surface area contributed by atoms with Gasteiger partial charge in [-0.15, -0.1) is 0 Å². The molecule has 0 saturated carbocycles. The summed E-state index contributed by atoms with van der Waals surface area (Å²) in [6.45, 7) is 2.34. The molecule has 32 heavy (non-hydrogen) atoms. The molecular weight excluding hydrogens is 436 g/mol. The Morgan fingerprint density at radius 1 is 1.06 bits per heavy atom. The van der Waals surface area contributed by atoms with Crippen molar-refractivity contribution in [2.24, 2.45) is 0 Å². The van der Waals surface area contributed by atoms with Crippen molar-refractivity contribution < 1.29 is 18.3 Å². The molecule has 3 aromatic rings. The molecule has 2 heterocycles. The van der Waals surface area contributed by atoms with Gasteiger partial charge < -0.3 is 14.0 Å². The highest BCUT2D eigenvalue weighted by Gasteiger charge is 2.15. The molecule has 0 radical (unpaired) electrons. The minimum absolute atomic E-state index is 0.218. The largest absolute Gasteiger partial charge is 0.493 e. The number of benzene rings is 1. The van der Waals surface area contributed by atoms with E-state index in [4.69, 9.17) is 9.47 Å². The van der Waals surface area contributed by atoms with Crippen LogP contribution in [-0.4, -0.2) is 34.5 Å². The van der Waals surface area contributed by atoms with Gasteiger partial charge in [0, 0.05) is 23.6 Å². The second kappa shape index (κ2) is 11.1. The molecule has 0 aliphatic carbocycles. The first-order valence-corrected chi connectivity index (χ1v) is 11.2. The van der Waals surface area contributed by atoms with Gasteiger partial charge in [-0.05, 0) is 36.2 Å². The van der Waals surface area contributed by atoms with Crippen molar-refractivity contribution in [2.45, 2.75) is 37.9 Å². The smallest absolute Gasteiger partial charge is 0.280 e. The second-order valence-electron chi connectivity index (χ2n) is 7.04. The van der Waals surface area contributed by atoms with Gasteiger partial charge in [-0.1, -0.05) is 31.2 Å². The normalized spacial score (nSPS) is 11.1. The number of methoxy groups -OCH3 is 2. The molecule has 0 unspecified atom stereocenters. The number of unbranched alkanes of at least 4 members (excludes halogenated alkanes) is 1. The number of hydrogen-bond acceptors (Lipinski definition) is 6. The molecular formula is C23H25F2N3O3S. The molecule has 0 amide bonds. The minimum Gasteiger partial charge on any atom is -0.493 e. The van der Waals surface area contributed by atoms with Crippen LogP contribution in [-0.2, 0) is 6.54 Å². The third-order valence-corrected chi connectivity index (χ3v) is 5.69. The van der Waals surface area contributed by atoms with Crippen LogP contribution in [0.4, 0.5) is 8.78 Å². The Morgan fingerprint density at radius 2 is 1.84 bits per heavy atom. The van der Waals surface area contributed by atoms with Crippen LogP contribution in [0.1, 0.15) is 37.4 Å². The predicted molar refractivity (Wildman–Crippen MR) is 121 cm³/mol. The van der Waals surface area contributed by atoms with Crippen molar-refractivity contribution in [3.8, 4) is 22.8 Å². The summed E-state index contributed by atoms with van der Waals surface area (Å²) in [5, 5.41) is 0.309. The number of aromatic nitrogens is 3. The maximum atomic E-state index is 13.4. The average Bonchev–Trinajstić information content (AvgIpc) is 2.80. The quantitative estimate of drug-likeness (QED) is 0.235. The van der Waals surface area contributed by atoms with E-state index in [0.717, 1.165) is 24.2 Å². The molecule has 3 rings (SSSR count). The zero-order chi connectivity index (χ0) is 23.1. The van der Waals surface area contributed by atoms with Crippen molar-refractivity contribution in [1.29, 1.82) is 0 Å². The lowest BCUT2D eigenvalue weighted by Crippen LogP contribution is -2.19. The molecule has 0 aliphatic rings. The highest BCUT2D eigenvalue weighted by atomic mass is 32.2. The summed E-state index contributed by atoms with van der Waals surface area (Å²) in [6.07, 6.45) is 0.852. The van der Waals surface area contributed by atoms with E-state index < -0.39 is 6.43 Å². The van der Waals surface area contributed by atoms with Crippen LogP contribution >= 0.6 is 11.8 Å². The second-order valence-corrected chi connectivity index (χ2v) is 8.10. The lowest BCUT2D eigenvalue weighted by molar-refractivity contribution is 0.145. The Bertz CT molecular complexity index is 1120. The number of thioether (sulfide) groups is 1. The summed E-state index contributed by atoms with van der Waals surface area (Å²) in [6, 6.07) is 9.66. The number of halogens is 2. The van der Waals surface area contributed by atoms with Crippen LogP contribution in [0.3, 0.4) is 0 Å². The third-order valence-electron chi connectivity index (χ3n) is 4.76. The van der Waals surface area contributed by atoms with E-state index in [-0.39, 0.29) is 17.8 Å². The molecule has 2 aromatic heterocycles. The van der Waals surface area contributed by atoms with Crippen LogP contribution in [0, 0.1) is 0 Å². The fourth-order valence-corrected chi connectivity index (χ4v) is 4.01. The summed E-state index contributed by atoms with van der Waals surface area (Å²) in [7, 11) is 3.09. The van der Waals surface area contributed by atoms with Gasteiger partial charge in [-0.3, -0.25) is 4.79 Å². The van der Waals surface area contributed by atoms with Crippen LogP contribution in [0.15, 0.2) is 52.5 Å². The lowest BCUT2D eigenvalue weighted by Gasteiger charge is -2.12. The van der Waals surface area contributed by atoms with Crippen molar-refractivity contribution in [3.05, 3.63) is 64.2 Å². The van der Waals surface area contributed by atoms with Crippen LogP contribution in [0.5, 0.6) is 11.5 Å². The molecule has 0 atom stereocenters. The van der Waals surface area contributed by atoms with Crippen molar-refractivity contribution in [2.75, 3.05) is 20.0 Å². The van der Waals surface area contributed by atoms with Crippen molar-refractivity contribution in [1.82, 2.24) is 14.5 Å². The van der Waals surface area contributed by atoms with E-state index >= 15 is 0 Å². The Balaban J connectivity index is 1.95. The molecule has 1 aromatic carbocycles. The van der Waals surface area contributed by atoms with Crippen LogP contribution in [0.25, 0.3) is 11.3 Å². The first kappa shape index (κ1) is 23.7. The zero-order valence-electron chi connectivity index (χ0n) is 18.2. The van der Waals surface area contributed by atoms with Gasteiger partial charge in [0.15, 0.2) is 16.7 Å². The number of rotatable bonds is 10. The molecule has 0 bridgehead atoms. The maximum Gasteiger partial charge on any atom is 0.280 e. The number of hydrogen-bond donors (Lipinski definition) is 0. The van der Waals surface area contributed by atoms with Gasteiger partial charge in [-0.2, -0.15) is 0 Å². The van der Waals surface area contributed by atoms with E-state index in [1.807, 2.05) is 6.07 Å². The summed E-state index contributed by atoms with van der Waals surface area (Å²) in [5.74, 6) is 1.90. The molecule has 9 heteroatoms. The van der Waals surface area contributed by atoms with Gasteiger partial charge in [-0.25, -0.2) is 18.7 Å². The number of alkyl halides is 2. The molecule has 6 nitrogen and oxygen atoms in total. The Hall–Kier alpha value is -2.94. The third kappa shape index (κ3) is 5.85. The molecule has 0 saturated heterocycles. The number of nitrogens with zero attached hydrogens (tertiary/aromatic N) is 3. The van der Waals surface area contributed by atoms with Gasteiger partial charge >= 0.3 is 0 Å². The highest BCUT2D eigenvalue weighted by molar-refractivity contribution is 7.99. The zero-order valence-corrected chi connectivity index (χ0v) is 19.0. The summed E-state index contributed by atoms with van der Waals surface area (Å²) in [5.41, 5.74) is 1.20. The predicted octanol–water partition coefficient (Wildman–Crippen LogP) is 5.20. The maximum absolute atomic E-state index is 13.4. The van der Waals surface area contributed by atoms with Gasteiger partial charge in [0.05, 0.1) is 26.5 Å². The Labute approximate surface area is 189 Å². The van der Waals surface area contributed by atoms with E-state index in [1.165, 1.54) is 28.5 Å². The summed E-state index contributed by atoms with van der Waals surface area (Å²) < 4.78 is 38.9. The van der Waals surface area contributed by atoms with Gasteiger partial charge in [0.2, 0.25) is 0 Å². The van der Waals surface area contributed by atoms with E-state index in [9.17, 15) is 13.6 Å². The standard InChI is InChI=1S/C23H25F2N3O3S/c1-4-5-10-32-23-26-17(12-18(27-23)22(24)25)16-7-9-21(29)28(14-16)13-15-6-8-19(30-2)20(11-15)31-3/h6-9,11-12,14,22H,4-5,10,13H2,1-3H3. The van der Waals surface area contributed by atoms with E-state index in [2.05, 4.69) is 16.9 Å². The lowest BCUT2D eigenvalue weighted by atomic mass is 10.1. The Kier molecular flexibility index (Phi) is 8.21. The van der Waals surface area contributed by atoms with Crippen LogP contribution < -0.4 is 15.0 Å². The van der Waals surface area contributed by atoms with E-state index in [0.29, 0.717) is 27.9 Å². The highest BCUT2D eigenvalue weighted by Crippen LogP contribution is 2.29. The van der Waals surface area contributed by atoms with Gasteiger partial charge in [0.25, 0.3) is 12.0 Å². The van der Waals surface area contributed by atoms with Crippen LogP contribution in [0.2, 0.25) is 0 Å². The fourth-order valence-electron chi connectivity index (χ4n) is 3.06. The summed E-state index contributed by atoms with van der Waals surface area (Å²) in [4.78, 5) is 20.9. The molecule has 0 fully saturated rings. The Morgan fingerprint density at radius 3 is 2.53 bits per heavy atom. The molecule has 0 N–H and O–H groups in total. The van der Waals surface area contributed by atoms with Crippen molar-refractivity contribution in [3.63, 3.8) is 0 Å². The molecule has 0 aliphatic heterocycles. The number of pyridine rings is 1. The van der Waals surface area contributed by atoms with Crippen molar-refractivity contribution >= 4 is 11.8 Å². The first-order chi connectivity index (χ1) is 15.4.